The van der Waals surface area contributed by atoms with Gasteiger partial charge in [-0.05, 0) is 6.92 Å². The van der Waals surface area contributed by atoms with Crippen LogP contribution >= 0.6 is 0 Å². The number of nitrogens with two attached hydrogens (primary N) is 1. The number of aromatic nitrogens is 4. The molecule has 20 heavy (non-hydrogen) atoms. The van der Waals surface area contributed by atoms with Crippen molar-refractivity contribution < 1.29 is 20.1 Å². The summed E-state index contributed by atoms with van der Waals surface area (Å²) in [4.78, 5) is 11.9. The van der Waals surface area contributed by atoms with Crippen molar-refractivity contribution in [3.05, 3.63) is 12.7 Å². The smallest absolute Gasteiger partial charge is 0.167 e. The molecule has 1 fully saturated rings. The number of anilines is 1. The fourth-order valence-electron chi connectivity index (χ4n) is 2.37. The first kappa shape index (κ1) is 13.2. The fourth-order valence-corrected chi connectivity index (χ4v) is 2.37. The van der Waals surface area contributed by atoms with Crippen molar-refractivity contribution in [2.45, 2.75) is 37.6 Å². The zero-order valence-corrected chi connectivity index (χ0v) is 10.7. The molecule has 0 bridgehead atoms. The zero-order valence-electron chi connectivity index (χ0n) is 10.7. The van der Waals surface area contributed by atoms with Crippen LogP contribution in [0.2, 0.25) is 0 Å². The Morgan fingerprint density at radius 3 is 2.70 bits per heavy atom. The van der Waals surface area contributed by atoms with Crippen LogP contribution in [0.15, 0.2) is 12.7 Å². The van der Waals surface area contributed by atoms with Gasteiger partial charge in [0.2, 0.25) is 0 Å². The van der Waals surface area contributed by atoms with E-state index in [0.29, 0.717) is 11.2 Å². The van der Waals surface area contributed by atoms with Gasteiger partial charge in [0.25, 0.3) is 0 Å². The average Bonchev–Trinajstić information content (AvgIpc) is 2.94. The molecule has 3 heterocycles. The number of nitrogen functional groups attached to an aromatic ring is 1. The molecule has 9 heteroatoms. The molecule has 0 aliphatic carbocycles. The van der Waals surface area contributed by atoms with Crippen molar-refractivity contribution in [3.63, 3.8) is 0 Å². The minimum Gasteiger partial charge on any atom is -0.391 e. The minimum absolute atomic E-state index is 0.217. The molecule has 108 valence electrons. The molecule has 0 radical (unpaired) electrons. The molecular weight excluding hydrogens is 266 g/mol. The molecular formula is C11H15N5O4. The van der Waals surface area contributed by atoms with Crippen LogP contribution in [0.3, 0.4) is 0 Å². The normalized spacial score (nSPS) is 31.8. The zero-order chi connectivity index (χ0) is 14.4. The van der Waals surface area contributed by atoms with Gasteiger partial charge in [0, 0.05) is 0 Å². The van der Waals surface area contributed by atoms with Gasteiger partial charge in [-0.1, -0.05) is 0 Å². The molecule has 9 nitrogen and oxygen atoms in total. The predicted molar refractivity (Wildman–Crippen MR) is 67.3 cm³/mol. The van der Waals surface area contributed by atoms with E-state index in [1.54, 1.807) is 0 Å². The molecule has 5 atom stereocenters. The quantitative estimate of drug-likeness (QED) is 0.516. The molecule has 0 spiro atoms. The number of aliphatic hydroxyl groups excluding tert-OH is 3. The van der Waals surface area contributed by atoms with Crippen LogP contribution in [0.25, 0.3) is 11.2 Å². The van der Waals surface area contributed by atoms with Gasteiger partial charge in [0.1, 0.15) is 30.2 Å². The summed E-state index contributed by atoms with van der Waals surface area (Å²) in [5.41, 5.74) is 6.46. The Morgan fingerprint density at radius 1 is 1.30 bits per heavy atom. The van der Waals surface area contributed by atoms with Gasteiger partial charge in [-0.25, -0.2) is 15.0 Å². The van der Waals surface area contributed by atoms with Crippen LogP contribution in [-0.4, -0.2) is 59.3 Å². The van der Waals surface area contributed by atoms with E-state index in [4.69, 9.17) is 10.5 Å². The monoisotopic (exact) mass is 281 g/mol. The van der Waals surface area contributed by atoms with E-state index in [2.05, 4.69) is 15.0 Å². The predicted octanol–water partition coefficient (Wildman–Crippen LogP) is -1.59. The molecule has 2 aromatic heterocycles. The number of fused-ring (bicyclic) bond motifs is 1. The molecule has 5 N–H and O–H groups in total. The third kappa shape index (κ3) is 1.83. The second kappa shape index (κ2) is 4.63. The Balaban J connectivity index is 2.02. The summed E-state index contributed by atoms with van der Waals surface area (Å²) >= 11 is 0. The summed E-state index contributed by atoms with van der Waals surface area (Å²) in [7, 11) is 0. The van der Waals surface area contributed by atoms with Gasteiger partial charge in [-0.15, -0.1) is 0 Å². The summed E-state index contributed by atoms with van der Waals surface area (Å²) in [6, 6.07) is 0. The average molecular weight is 281 g/mol. The highest BCUT2D eigenvalue weighted by atomic mass is 16.6. The Bertz CT molecular complexity index is 630. The molecule has 3 rings (SSSR count). The lowest BCUT2D eigenvalue weighted by Crippen LogP contribution is -2.37. The van der Waals surface area contributed by atoms with Crippen LogP contribution in [0.4, 0.5) is 5.82 Å². The lowest BCUT2D eigenvalue weighted by molar-refractivity contribution is -0.0777. The van der Waals surface area contributed by atoms with E-state index in [0.717, 1.165) is 0 Å². The van der Waals surface area contributed by atoms with Crippen molar-refractivity contribution in [3.8, 4) is 0 Å². The SMILES string of the molecule is C[C@@H](O)[C@@H]1O[C@@H](n2cnc3c(N)ncnc32)[C@H](O)[C@H]1O. The summed E-state index contributed by atoms with van der Waals surface area (Å²) in [5, 5.41) is 29.5. The second-order valence-electron chi connectivity index (χ2n) is 4.80. The number of hydrogen-bond donors (Lipinski definition) is 4. The second-order valence-corrected chi connectivity index (χ2v) is 4.80. The van der Waals surface area contributed by atoms with Crippen molar-refractivity contribution in [1.82, 2.24) is 19.5 Å². The van der Waals surface area contributed by atoms with Crippen molar-refractivity contribution in [2.24, 2.45) is 0 Å². The Labute approximate surface area is 113 Å². The highest BCUT2D eigenvalue weighted by Gasteiger charge is 2.46. The van der Waals surface area contributed by atoms with Crippen LogP contribution in [0.5, 0.6) is 0 Å². The summed E-state index contributed by atoms with van der Waals surface area (Å²) in [5.74, 6) is 0.217. The van der Waals surface area contributed by atoms with Gasteiger partial charge in [-0.3, -0.25) is 4.57 Å². The van der Waals surface area contributed by atoms with E-state index < -0.39 is 30.6 Å². The standard InChI is InChI=1S/C11H15N5O4/c1-4(17)8-6(18)7(19)11(20-8)16-3-15-5-9(12)13-2-14-10(5)16/h2-4,6-8,11,17-19H,1H3,(H2,12,13,14)/t4-,6-,7-,8+,11-/m1/s1. The maximum atomic E-state index is 10.1. The molecule has 0 aromatic carbocycles. The van der Waals surface area contributed by atoms with Gasteiger partial charge in [0.15, 0.2) is 17.7 Å². The lowest BCUT2D eigenvalue weighted by atomic mass is 10.1. The van der Waals surface area contributed by atoms with Gasteiger partial charge in [0.05, 0.1) is 12.4 Å². The fraction of sp³-hybridized carbons (Fsp3) is 0.545. The van der Waals surface area contributed by atoms with E-state index >= 15 is 0 Å². The third-order valence-corrected chi connectivity index (χ3v) is 3.41. The third-order valence-electron chi connectivity index (χ3n) is 3.41. The summed E-state index contributed by atoms with van der Waals surface area (Å²) < 4.78 is 6.97. The van der Waals surface area contributed by atoms with Crippen LogP contribution in [0.1, 0.15) is 13.2 Å². The first-order chi connectivity index (χ1) is 9.50. The number of imidazole rings is 1. The number of rotatable bonds is 2. The topological polar surface area (TPSA) is 140 Å². The minimum atomic E-state index is -1.21. The maximum Gasteiger partial charge on any atom is 0.167 e. The molecule has 1 aliphatic rings. The maximum absolute atomic E-state index is 10.1. The number of nitrogens with zero attached hydrogens (tertiary/aromatic N) is 4. The van der Waals surface area contributed by atoms with Gasteiger partial charge in [-0.2, -0.15) is 0 Å². The molecule has 0 amide bonds. The van der Waals surface area contributed by atoms with E-state index in [1.807, 2.05) is 0 Å². The van der Waals surface area contributed by atoms with E-state index in [9.17, 15) is 15.3 Å². The summed E-state index contributed by atoms with van der Waals surface area (Å²) in [6.07, 6.45) is -2.42. The van der Waals surface area contributed by atoms with E-state index in [1.165, 1.54) is 24.1 Å². The highest BCUT2D eigenvalue weighted by molar-refractivity contribution is 5.81. The first-order valence-electron chi connectivity index (χ1n) is 6.13. The van der Waals surface area contributed by atoms with Crippen LogP contribution in [-0.2, 0) is 4.74 Å². The first-order valence-corrected chi connectivity index (χ1v) is 6.13. The van der Waals surface area contributed by atoms with Gasteiger partial charge >= 0.3 is 0 Å². The van der Waals surface area contributed by atoms with Crippen LogP contribution < -0.4 is 5.73 Å². The molecule has 0 unspecified atom stereocenters. The van der Waals surface area contributed by atoms with Crippen molar-refractivity contribution >= 4 is 17.0 Å². The molecule has 0 saturated carbocycles. The largest absolute Gasteiger partial charge is 0.391 e. The number of ether oxygens (including phenoxy) is 1. The molecule has 2 aromatic rings. The summed E-state index contributed by atoms with van der Waals surface area (Å²) in [6.45, 7) is 1.48. The Morgan fingerprint density at radius 2 is 2.05 bits per heavy atom. The van der Waals surface area contributed by atoms with Crippen LogP contribution in [0, 0.1) is 0 Å². The van der Waals surface area contributed by atoms with E-state index in [-0.39, 0.29) is 5.82 Å². The Hall–Kier alpha value is -1.81. The van der Waals surface area contributed by atoms with Crippen molar-refractivity contribution in [2.75, 3.05) is 5.73 Å². The molecule has 1 saturated heterocycles. The Kier molecular flexibility index (Phi) is 3.05. The van der Waals surface area contributed by atoms with Crippen molar-refractivity contribution in [1.29, 1.82) is 0 Å². The molecule has 1 aliphatic heterocycles. The lowest BCUT2D eigenvalue weighted by Gasteiger charge is -2.17. The number of hydrogen-bond acceptors (Lipinski definition) is 8. The number of aliphatic hydroxyl groups is 3. The highest BCUT2D eigenvalue weighted by Crippen LogP contribution is 2.33. The van der Waals surface area contributed by atoms with Gasteiger partial charge < -0.3 is 25.8 Å².